The zero-order valence-electron chi connectivity index (χ0n) is 26.3. The summed E-state index contributed by atoms with van der Waals surface area (Å²) in [5.41, 5.74) is 1.60. The first kappa shape index (κ1) is 36.3. The van der Waals surface area contributed by atoms with E-state index in [-0.39, 0.29) is 64.6 Å². The number of aliphatic hydroxyl groups is 1. The molecule has 1 aromatic heterocycles. The number of benzene rings is 3. The van der Waals surface area contributed by atoms with E-state index in [1.807, 2.05) is 6.92 Å². The number of carbonyl (C=O) groups excluding carboxylic acids is 2. The summed E-state index contributed by atoms with van der Waals surface area (Å²) in [5, 5.41) is 63.9. The molecule has 1 atom stereocenters. The molecule has 1 amide bonds. The number of aromatic nitrogens is 4. The number of aliphatic hydroxyl groups excluding tert-OH is 1. The van der Waals surface area contributed by atoms with Crippen LogP contribution in [0.4, 0.5) is 15.8 Å². The van der Waals surface area contributed by atoms with E-state index < -0.39 is 22.8 Å². The summed E-state index contributed by atoms with van der Waals surface area (Å²) in [7, 11) is 0. The quantitative estimate of drug-likeness (QED) is 0.0815. The first-order valence-electron chi connectivity index (χ1n) is 14.3. The van der Waals surface area contributed by atoms with Crippen molar-refractivity contribution in [1.29, 1.82) is 5.26 Å². The maximum Gasteiger partial charge on any atom is 0.297 e. The summed E-state index contributed by atoms with van der Waals surface area (Å²) in [6.07, 6.45) is 0.0361. The molecule has 0 spiro atoms. The van der Waals surface area contributed by atoms with Crippen molar-refractivity contribution in [3.8, 4) is 29.1 Å². The van der Waals surface area contributed by atoms with Gasteiger partial charge in [-0.1, -0.05) is 13.3 Å². The number of anilines is 1. The summed E-state index contributed by atoms with van der Waals surface area (Å²) in [6.45, 7) is 5.88. The molecule has 0 aliphatic rings. The molecule has 4 aromatic rings. The molecule has 0 fully saturated rings. The number of tetrazole rings is 1. The summed E-state index contributed by atoms with van der Waals surface area (Å²) >= 11 is 0. The fraction of sp³-hybridized carbons (Fsp3) is 0.290. The number of ether oxygens (including phenoxy) is 2. The van der Waals surface area contributed by atoms with Crippen molar-refractivity contribution < 1.29 is 43.7 Å². The third kappa shape index (κ3) is 9.20. The molecule has 0 aliphatic heterocycles. The first-order valence-corrected chi connectivity index (χ1v) is 14.3. The number of phenols is 2. The number of phenolic OH excluding ortho intramolecular Hbond substituents is 2. The third-order valence-corrected chi connectivity index (χ3v) is 6.69. The van der Waals surface area contributed by atoms with E-state index in [2.05, 4.69) is 25.9 Å². The zero-order valence-corrected chi connectivity index (χ0v) is 26.3. The summed E-state index contributed by atoms with van der Waals surface area (Å²) in [4.78, 5) is 33.6. The number of Topliss-reactive ketones (excluding diaryl/α,β-unsaturated/α-hetero) is 1. The van der Waals surface area contributed by atoms with Crippen LogP contribution < -0.4 is 14.8 Å². The van der Waals surface area contributed by atoms with Crippen LogP contribution in [-0.4, -0.2) is 71.9 Å². The number of ketones is 1. The number of hydrogen-bond acceptors (Lipinski definition) is 13. The minimum absolute atomic E-state index is 0.0445. The van der Waals surface area contributed by atoms with Crippen molar-refractivity contribution in [2.24, 2.45) is 0 Å². The van der Waals surface area contributed by atoms with Gasteiger partial charge in [0.15, 0.2) is 17.3 Å². The third-order valence-electron chi connectivity index (χ3n) is 6.69. The number of aryl methyl sites for hydroxylation is 2. The van der Waals surface area contributed by atoms with Gasteiger partial charge in [-0.2, -0.15) is 10.5 Å². The summed E-state index contributed by atoms with van der Waals surface area (Å²) in [6, 6.07) is 9.48. The molecule has 0 aliphatic carbocycles. The van der Waals surface area contributed by atoms with Crippen LogP contribution in [0.2, 0.25) is 0 Å². The topological polar surface area (TPSA) is 247 Å². The van der Waals surface area contributed by atoms with Crippen molar-refractivity contribution >= 4 is 23.1 Å². The van der Waals surface area contributed by atoms with Gasteiger partial charge >= 0.3 is 0 Å². The number of halogens is 1. The lowest BCUT2D eigenvalue weighted by molar-refractivity contribution is -0.385. The highest BCUT2D eigenvalue weighted by molar-refractivity contribution is 6.01. The smallest absolute Gasteiger partial charge is 0.297 e. The highest BCUT2D eigenvalue weighted by Crippen LogP contribution is 2.33. The van der Waals surface area contributed by atoms with Gasteiger partial charge in [0.25, 0.3) is 17.4 Å². The van der Waals surface area contributed by atoms with Crippen molar-refractivity contribution in [2.45, 2.75) is 46.6 Å². The number of H-pyrrole nitrogens is 1. The molecule has 0 bridgehead atoms. The van der Waals surface area contributed by atoms with E-state index in [0.29, 0.717) is 35.3 Å². The SMILES string of the molecule is CCCc1c(OCC(O)COc2cc(NC(=O)c3nn[nH]n3)c(C)cc2F)ccc(C(C)=O)c1O.Cc1cc(C#N)c(O)cc1[N+](=O)[O-]. The van der Waals surface area contributed by atoms with Crippen LogP contribution in [0.5, 0.6) is 23.0 Å². The normalized spacial score (nSPS) is 11.0. The number of nitriles is 1. The highest BCUT2D eigenvalue weighted by Gasteiger charge is 2.19. The summed E-state index contributed by atoms with van der Waals surface area (Å²) in [5.74, 6) is -2.13. The number of nitro groups is 1. The van der Waals surface area contributed by atoms with E-state index in [0.717, 1.165) is 6.07 Å². The molecule has 0 saturated heterocycles. The Morgan fingerprint density at radius 3 is 2.40 bits per heavy atom. The molecular formula is C31H32FN7O9. The number of carbonyl (C=O) groups is 2. The van der Waals surface area contributed by atoms with Crippen molar-refractivity contribution in [3.63, 3.8) is 0 Å². The molecule has 1 heterocycles. The molecular weight excluding hydrogens is 633 g/mol. The lowest BCUT2D eigenvalue weighted by Gasteiger charge is -2.18. The van der Waals surface area contributed by atoms with Crippen LogP contribution in [-0.2, 0) is 6.42 Å². The van der Waals surface area contributed by atoms with Crippen LogP contribution in [0.15, 0.2) is 36.4 Å². The Morgan fingerprint density at radius 1 is 1.12 bits per heavy atom. The van der Waals surface area contributed by atoms with E-state index in [1.165, 1.54) is 38.1 Å². The highest BCUT2D eigenvalue weighted by atomic mass is 19.1. The summed E-state index contributed by atoms with van der Waals surface area (Å²) < 4.78 is 25.4. The number of hydrogen-bond donors (Lipinski definition) is 5. The van der Waals surface area contributed by atoms with Crippen molar-refractivity contribution in [3.05, 3.63) is 86.0 Å². The second-order valence-electron chi connectivity index (χ2n) is 10.3. The first-order chi connectivity index (χ1) is 22.8. The van der Waals surface area contributed by atoms with Gasteiger partial charge in [0, 0.05) is 22.9 Å². The maximum atomic E-state index is 14.4. The second-order valence-corrected chi connectivity index (χ2v) is 10.3. The molecule has 17 heteroatoms. The second kappa shape index (κ2) is 16.4. The molecule has 1 unspecified atom stereocenters. The molecule has 48 heavy (non-hydrogen) atoms. The predicted molar refractivity (Wildman–Crippen MR) is 167 cm³/mol. The van der Waals surface area contributed by atoms with Gasteiger partial charge < -0.3 is 30.1 Å². The number of nitro benzene ring substituents is 1. The van der Waals surface area contributed by atoms with Crippen LogP contribution in [0.1, 0.15) is 63.5 Å². The van der Waals surface area contributed by atoms with E-state index in [4.69, 9.17) is 19.8 Å². The van der Waals surface area contributed by atoms with E-state index in [1.54, 1.807) is 19.1 Å². The Kier molecular flexibility index (Phi) is 12.4. The minimum atomic E-state index is -1.14. The average molecular weight is 666 g/mol. The Balaban J connectivity index is 0.000000402. The van der Waals surface area contributed by atoms with Gasteiger partial charge in [0.1, 0.15) is 42.6 Å². The Labute approximate surface area is 272 Å². The molecule has 4 rings (SSSR count). The van der Waals surface area contributed by atoms with Gasteiger partial charge in [-0.3, -0.25) is 19.7 Å². The lowest BCUT2D eigenvalue weighted by Crippen LogP contribution is -2.25. The van der Waals surface area contributed by atoms with Gasteiger partial charge in [-0.15, -0.1) is 10.2 Å². The number of amides is 1. The van der Waals surface area contributed by atoms with E-state index in [9.17, 15) is 34.3 Å². The fourth-order valence-corrected chi connectivity index (χ4v) is 4.25. The van der Waals surface area contributed by atoms with E-state index >= 15 is 0 Å². The standard InChI is InChI=1S/C23H26FN5O6.C8H6N2O3/c1-4-5-16-19(7-6-15(13(3)30)21(16)32)34-10-14(31)11-35-20-9-18(12(2)8-17(20)24)25-23(33)22-26-28-29-27-22;1-5-2-6(4-9)8(11)3-7(5)10(12)13/h6-9,14,31-32H,4-5,10-11H2,1-3H3,(H,25,33)(H,26,27,28,29);2-3,11H,1H3. The Bertz CT molecular complexity index is 1840. The Hall–Kier alpha value is -6.15. The molecule has 0 saturated carbocycles. The van der Waals surface area contributed by atoms with Crippen LogP contribution in [0.25, 0.3) is 0 Å². The van der Waals surface area contributed by atoms with Gasteiger partial charge in [0.05, 0.1) is 22.1 Å². The maximum absolute atomic E-state index is 14.4. The monoisotopic (exact) mass is 665 g/mol. The van der Waals surface area contributed by atoms with Gasteiger partial charge in [-0.25, -0.2) is 4.39 Å². The van der Waals surface area contributed by atoms with Crippen LogP contribution in [0, 0.1) is 41.1 Å². The number of nitrogens with one attached hydrogen (secondary N) is 2. The number of rotatable bonds is 12. The predicted octanol–water partition coefficient (Wildman–Crippen LogP) is 4.06. The van der Waals surface area contributed by atoms with Crippen LogP contribution >= 0.6 is 0 Å². The van der Waals surface area contributed by atoms with Crippen molar-refractivity contribution in [1.82, 2.24) is 20.6 Å². The largest absolute Gasteiger partial charge is 0.507 e. The molecule has 252 valence electrons. The number of aromatic hydroxyl groups is 2. The van der Waals surface area contributed by atoms with Crippen molar-refractivity contribution in [2.75, 3.05) is 18.5 Å². The fourth-order valence-electron chi connectivity index (χ4n) is 4.25. The molecule has 0 radical (unpaired) electrons. The number of nitrogens with zero attached hydrogens (tertiary/aromatic N) is 5. The Morgan fingerprint density at radius 2 is 1.81 bits per heavy atom. The number of aromatic amines is 1. The van der Waals surface area contributed by atoms with Crippen LogP contribution in [0.3, 0.4) is 0 Å². The average Bonchev–Trinajstić information content (AvgIpc) is 3.58. The molecule has 5 N–H and O–H groups in total. The zero-order chi connectivity index (χ0) is 35.5. The lowest BCUT2D eigenvalue weighted by atomic mass is 10.0. The van der Waals surface area contributed by atoms with Gasteiger partial charge in [-0.05, 0) is 62.2 Å². The molecule has 16 nitrogen and oxygen atoms in total. The minimum Gasteiger partial charge on any atom is -0.507 e. The molecule has 3 aromatic carbocycles. The van der Waals surface area contributed by atoms with Gasteiger partial charge in [0.2, 0.25) is 0 Å².